The summed E-state index contributed by atoms with van der Waals surface area (Å²) in [6.07, 6.45) is 8.37. The second-order valence-corrected chi connectivity index (χ2v) is 6.72. The molecule has 96 valence electrons. The highest BCUT2D eigenvalue weighted by Crippen LogP contribution is 2.31. The van der Waals surface area contributed by atoms with Crippen LogP contribution in [-0.2, 0) is 0 Å². The summed E-state index contributed by atoms with van der Waals surface area (Å²) in [6.45, 7) is 3.41. The van der Waals surface area contributed by atoms with Gasteiger partial charge in [0.1, 0.15) is 6.33 Å². The van der Waals surface area contributed by atoms with Gasteiger partial charge in [-0.2, -0.15) is 4.37 Å². The average molecular weight is 271 g/mol. The van der Waals surface area contributed by atoms with Gasteiger partial charge in [0.05, 0.1) is 0 Å². The van der Waals surface area contributed by atoms with E-state index in [0.717, 1.165) is 16.3 Å². The van der Waals surface area contributed by atoms with Crippen LogP contribution in [0.25, 0.3) is 0 Å². The maximum Gasteiger partial charge on any atom is 0.169 e. The van der Waals surface area contributed by atoms with Crippen LogP contribution >= 0.6 is 23.3 Å². The fraction of sp³-hybridized carbons (Fsp3) is 0.833. The zero-order valence-corrected chi connectivity index (χ0v) is 12.0. The first-order chi connectivity index (χ1) is 8.40. The van der Waals surface area contributed by atoms with Gasteiger partial charge in [-0.25, -0.2) is 4.98 Å². The Hall–Kier alpha value is -0.130. The summed E-state index contributed by atoms with van der Waals surface area (Å²) in [4.78, 5) is 4.20. The van der Waals surface area contributed by atoms with Crippen molar-refractivity contribution in [3.63, 3.8) is 0 Å². The minimum Gasteiger partial charge on any atom is -0.314 e. The van der Waals surface area contributed by atoms with Gasteiger partial charge in [-0.15, -0.1) is 0 Å². The van der Waals surface area contributed by atoms with Crippen molar-refractivity contribution in [1.29, 1.82) is 0 Å². The highest BCUT2D eigenvalue weighted by atomic mass is 32.2. The van der Waals surface area contributed by atoms with Crippen LogP contribution in [-0.4, -0.2) is 27.7 Å². The Morgan fingerprint density at radius 2 is 2.47 bits per heavy atom. The predicted molar refractivity (Wildman–Crippen MR) is 74.7 cm³/mol. The summed E-state index contributed by atoms with van der Waals surface area (Å²) < 4.78 is 5.14. The van der Waals surface area contributed by atoms with Crippen molar-refractivity contribution in [2.75, 3.05) is 12.3 Å². The van der Waals surface area contributed by atoms with Crippen LogP contribution in [0.15, 0.2) is 10.7 Å². The molecular formula is C12H21N3S2. The largest absolute Gasteiger partial charge is 0.314 e. The number of hydrogen-bond donors (Lipinski definition) is 1. The smallest absolute Gasteiger partial charge is 0.169 e. The number of hydrogen-bond acceptors (Lipinski definition) is 5. The maximum absolute atomic E-state index is 4.20. The molecule has 2 unspecified atom stereocenters. The lowest BCUT2D eigenvalue weighted by Gasteiger charge is -2.20. The second kappa shape index (κ2) is 7.34. The summed E-state index contributed by atoms with van der Waals surface area (Å²) in [6, 6.07) is 0.768. The highest BCUT2D eigenvalue weighted by molar-refractivity contribution is 8.00. The fourth-order valence-corrected chi connectivity index (χ4v) is 4.09. The Morgan fingerprint density at radius 3 is 3.24 bits per heavy atom. The van der Waals surface area contributed by atoms with E-state index in [-0.39, 0.29) is 0 Å². The number of rotatable bonds is 7. The van der Waals surface area contributed by atoms with Gasteiger partial charge in [0.25, 0.3) is 0 Å². The Balaban J connectivity index is 1.67. The van der Waals surface area contributed by atoms with E-state index in [2.05, 4.69) is 21.6 Å². The summed E-state index contributed by atoms with van der Waals surface area (Å²) in [5, 5.41) is 3.69. The van der Waals surface area contributed by atoms with Crippen molar-refractivity contribution in [3.8, 4) is 0 Å². The molecule has 1 aliphatic rings. The maximum atomic E-state index is 4.20. The molecule has 0 amide bonds. The summed E-state index contributed by atoms with van der Waals surface area (Å²) in [5.74, 6) is 2.06. The minimum absolute atomic E-state index is 0.768. The molecule has 0 aliphatic heterocycles. The lowest BCUT2D eigenvalue weighted by Crippen LogP contribution is -2.33. The van der Waals surface area contributed by atoms with Gasteiger partial charge >= 0.3 is 0 Å². The van der Waals surface area contributed by atoms with Crippen molar-refractivity contribution < 1.29 is 0 Å². The van der Waals surface area contributed by atoms with E-state index in [1.165, 1.54) is 55.9 Å². The molecule has 1 fully saturated rings. The Bertz CT molecular complexity index is 303. The van der Waals surface area contributed by atoms with Crippen molar-refractivity contribution >= 4 is 23.3 Å². The molecule has 1 aromatic heterocycles. The summed E-state index contributed by atoms with van der Waals surface area (Å²) in [7, 11) is 0. The van der Waals surface area contributed by atoms with Crippen molar-refractivity contribution in [2.45, 2.75) is 49.4 Å². The van der Waals surface area contributed by atoms with Gasteiger partial charge in [0.2, 0.25) is 0 Å². The molecule has 1 saturated carbocycles. The SMILES string of the molecule is CCCNC1CCCC1CCSc1ncns1. The van der Waals surface area contributed by atoms with Crippen LogP contribution < -0.4 is 5.32 Å². The van der Waals surface area contributed by atoms with Crippen LogP contribution in [0.5, 0.6) is 0 Å². The third kappa shape index (κ3) is 4.23. The molecule has 1 aromatic rings. The molecule has 2 rings (SSSR count). The molecule has 0 radical (unpaired) electrons. The molecule has 3 nitrogen and oxygen atoms in total. The van der Waals surface area contributed by atoms with E-state index >= 15 is 0 Å². The lowest BCUT2D eigenvalue weighted by atomic mass is 10.0. The van der Waals surface area contributed by atoms with E-state index in [4.69, 9.17) is 0 Å². The Morgan fingerprint density at radius 1 is 1.53 bits per heavy atom. The van der Waals surface area contributed by atoms with E-state index in [1.54, 1.807) is 6.33 Å². The quantitative estimate of drug-likeness (QED) is 0.773. The fourth-order valence-electron chi connectivity index (χ4n) is 2.50. The van der Waals surface area contributed by atoms with Gasteiger partial charge in [-0.05, 0) is 49.7 Å². The number of thioether (sulfide) groups is 1. The Labute approximate surface area is 112 Å². The molecule has 1 N–H and O–H groups in total. The molecule has 0 saturated heterocycles. The standard InChI is InChI=1S/C12H21N3S2/c1-2-7-13-11-5-3-4-10(11)6-8-16-12-14-9-15-17-12/h9-11,13H,2-8H2,1H3. The molecule has 1 aliphatic carbocycles. The minimum atomic E-state index is 0.768. The first-order valence-corrected chi connectivity index (χ1v) is 8.29. The van der Waals surface area contributed by atoms with Gasteiger partial charge in [-0.3, -0.25) is 0 Å². The van der Waals surface area contributed by atoms with E-state index < -0.39 is 0 Å². The van der Waals surface area contributed by atoms with Crippen molar-refractivity contribution in [1.82, 2.24) is 14.7 Å². The third-order valence-electron chi connectivity index (χ3n) is 3.37. The van der Waals surface area contributed by atoms with E-state index in [1.807, 2.05) is 11.8 Å². The normalized spacial score (nSPS) is 24.3. The molecule has 17 heavy (non-hydrogen) atoms. The van der Waals surface area contributed by atoms with Crippen LogP contribution in [0.4, 0.5) is 0 Å². The zero-order valence-electron chi connectivity index (χ0n) is 10.4. The molecule has 0 bridgehead atoms. The first kappa shape index (κ1) is 13.3. The van der Waals surface area contributed by atoms with Crippen LogP contribution in [0.1, 0.15) is 39.0 Å². The van der Waals surface area contributed by atoms with Crippen LogP contribution in [0.3, 0.4) is 0 Å². The van der Waals surface area contributed by atoms with Crippen LogP contribution in [0.2, 0.25) is 0 Å². The van der Waals surface area contributed by atoms with Crippen molar-refractivity contribution in [2.24, 2.45) is 5.92 Å². The van der Waals surface area contributed by atoms with Gasteiger partial charge in [0.15, 0.2) is 4.34 Å². The summed E-state index contributed by atoms with van der Waals surface area (Å²) in [5.41, 5.74) is 0. The molecule has 2 atom stereocenters. The second-order valence-electron chi connectivity index (χ2n) is 4.60. The van der Waals surface area contributed by atoms with Crippen molar-refractivity contribution in [3.05, 3.63) is 6.33 Å². The number of nitrogens with zero attached hydrogens (tertiary/aromatic N) is 2. The average Bonchev–Trinajstić information content (AvgIpc) is 2.98. The van der Waals surface area contributed by atoms with Gasteiger partial charge in [0, 0.05) is 11.8 Å². The molecule has 1 heterocycles. The van der Waals surface area contributed by atoms with E-state index in [9.17, 15) is 0 Å². The number of nitrogens with one attached hydrogen (secondary N) is 1. The lowest BCUT2D eigenvalue weighted by molar-refractivity contribution is 0.393. The topological polar surface area (TPSA) is 37.8 Å². The van der Waals surface area contributed by atoms with Crippen LogP contribution in [0, 0.1) is 5.92 Å². The monoisotopic (exact) mass is 271 g/mol. The van der Waals surface area contributed by atoms with E-state index in [0.29, 0.717) is 0 Å². The zero-order chi connectivity index (χ0) is 11.9. The Kier molecular flexibility index (Phi) is 5.74. The molecular weight excluding hydrogens is 250 g/mol. The number of aromatic nitrogens is 2. The molecule has 0 spiro atoms. The first-order valence-electron chi connectivity index (χ1n) is 6.53. The molecule has 5 heteroatoms. The molecule has 0 aromatic carbocycles. The predicted octanol–water partition coefficient (Wildman–Crippen LogP) is 3.19. The van der Waals surface area contributed by atoms with Gasteiger partial charge < -0.3 is 5.32 Å². The highest BCUT2D eigenvalue weighted by Gasteiger charge is 2.25. The summed E-state index contributed by atoms with van der Waals surface area (Å²) >= 11 is 3.36. The van der Waals surface area contributed by atoms with Gasteiger partial charge in [-0.1, -0.05) is 25.1 Å². The third-order valence-corrected chi connectivity index (χ3v) is 5.20.